The number of ether oxygens (including phenoxy) is 1. The molecule has 0 fully saturated rings. The van der Waals surface area contributed by atoms with Crippen molar-refractivity contribution in [3.8, 4) is 5.75 Å². The molecule has 0 aliphatic carbocycles. The molecule has 1 aliphatic heterocycles. The number of hydrogen-bond acceptors (Lipinski definition) is 4. The van der Waals surface area contributed by atoms with Gasteiger partial charge in [0.2, 0.25) is 0 Å². The molecular formula is C17H23N3O2. The highest BCUT2D eigenvalue weighted by molar-refractivity contribution is 5.86. The Hall–Kier alpha value is -1.85. The summed E-state index contributed by atoms with van der Waals surface area (Å²) in [5.41, 5.74) is 3.59. The lowest BCUT2D eigenvalue weighted by Crippen LogP contribution is -2.36. The third-order valence-corrected chi connectivity index (χ3v) is 4.22. The van der Waals surface area contributed by atoms with Crippen LogP contribution in [0.5, 0.6) is 5.75 Å². The Labute approximate surface area is 130 Å². The number of methoxy groups -OCH3 is 1. The molecule has 1 aromatic heterocycles. The largest absolute Gasteiger partial charge is 0.497 e. The van der Waals surface area contributed by atoms with Gasteiger partial charge in [0.25, 0.3) is 0 Å². The summed E-state index contributed by atoms with van der Waals surface area (Å²) in [4.78, 5) is 19.4. The molecule has 0 amide bonds. The van der Waals surface area contributed by atoms with Crippen molar-refractivity contribution in [3.63, 3.8) is 0 Å². The van der Waals surface area contributed by atoms with Crippen LogP contribution in [0.15, 0.2) is 18.2 Å². The number of carbonyl (C=O) groups excluding carboxylic acids is 1. The quantitative estimate of drug-likeness (QED) is 0.876. The Morgan fingerprint density at radius 2 is 2.27 bits per heavy atom. The van der Waals surface area contributed by atoms with Crippen molar-refractivity contribution in [1.82, 2.24) is 14.8 Å². The highest BCUT2D eigenvalue weighted by atomic mass is 16.5. The van der Waals surface area contributed by atoms with E-state index >= 15 is 0 Å². The van der Waals surface area contributed by atoms with Gasteiger partial charge >= 0.3 is 0 Å². The Morgan fingerprint density at radius 1 is 1.45 bits per heavy atom. The van der Waals surface area contributed by atoms with Crippen LogP contribution in [0.2, 0.25) is 0 Å². The average molecular weight is 301 g/mol. The summed E-state index contributed by atoms with van der Waals surface area (Å²) in [6.45, 7) is 2.49. The second-order valence-electron chi connectivity index (χ2n) is 6.33. The van der Waals surface area contributed by atoms with Crippen molar-refractivity contribution in [1.29, 1.82) is 0 Å². The number of fused-ring (bicyclic) bond motifs is 3. The van der Waals surface area contributed by atoms with Crippen LogP contribution >= 0.6 is 0 Å². The fourth-order valence-electron chi connectivity index (χ4n) is 3.32. The number of rotatable bonds is 4. The van der Waals surface area contributed by atoms with Crippen molar-refractivity contribution in [2.45, 2.75) is 13.0 Å². The molecule has 0 radical (unpaired) electrons. The lowest BCUT2D eigenvalue weighted by molar-refractivity contribution is -0.111. The molecule has 0 spiro atoms. The normalized spacial score (nSPS) is 19.2. The fourth-order valence-corrected chi connectivity index (χ4v) is 3.32. The maximum Gasteiger partial charge on any atom is 0.124 e. The Balaban J connectivity index is 2.03. The number of benzene rings is 1. The van der Waals surface area contributed by atoms with Crippen molar-refractivity contribution in [3.05, 3.63) is 29.5 Å². The van der Waals surface area contributed by atoms with Gasteiger partial charge in [0.15, 0.2) is 0 Å². The second-order valence-corrected chi connectivity index (χ2v) is 6.33. The molecule has 0 saturated carbocycles. The maximum absolute atomic E-state index is 11.5. The van der Waals surface area contributed by atoms with Crippen molar-refractivity contribution in [2.24, 2.45) is 5.92 Å². The zero-order chi connectivity index (χ0) is 15.7. The summed E-state index contributed by atoms with van der Waals surface area (Å²) < 4.78 is 5.34. The van der Waals surface area contributed by atoms with Gasteiger partial charge in [-0.1, -0.05) is 0 Å². The highest BCUT2D eigenvalue weighted by Crippen LogP contribution is 2.31. The fraction of sp³-hybridized carbons (Fsp3) is 0.471. The number of carbonyl (C=O) groups is 1. The monoisotopic (exact) mass is 301 g/mol. The van der Waals surface area contributed by atoms with Gasteiger partial charge in [0, 0.05) is 35.6 Å². The topological polar surface area (TPSA) is 48.6 Å². The van der Waals surface area contributed by atoms with Crippen LogP contribution in [0.4, 0.5) is 0 Å². The van der Waals surface area contributed by atoms with Gasteiger partial charge < -0.3 is 14.5 Å². The third-order valence-electron chi connectivity index (χ3n) is 4.22. The predicted molar refractivity (Wildman–Crippen MR) is 87.1 cm³/mol. The van der Waals surface area contributed by atoms with Crippen LogP contribution < -0.4 is 4.74 Å². The summed E-state index contributed by atoms with van der Waals surface area (Å²) in [5, 5.41) is 1.17. The van der Waals surface area contributed by atoms with Gasteiger partial charge in [-0.2, -0.15) is 0 Å². The SMILES string of the molecule is COc1ccc2[nH]c3c(c2c1)CC(C=O)CN(CN(C)C)C3. The number of nitrogens with one attached hydrogen (secondary N) is 1. The van der Waals surface area contributed by atoms with E-state index < -0.39 is 0 Å². The van der Waals surface area contributed by atoms with E-state index in [1.54, 1.807) is 7.11 Å². The molecule has 5 heteroatoms. The maximum atomic E-state index is 11.5. The van der Waals surface area contributed by atoms with Gasteiger partial charge in [0.05, 0.1) is 13.8 Å². The van der Waals surface area contributed by atoms with Crippen molar-refractivity contribution in [2.75, 3.05) is 34.4 Å². The molecule has 1 atom stereocenters. The van der Waals surface area contributed by atoms with Gasteiger partial charge in [-0.15, -0.1) is 0 Å². The molecule has 118 valence electrons. The summed E-state index contributed by atoms with van der Waals surface area (Å²) in [7, 11) is 5.79. The van der Waals surface area contributed by atoms with Gasteiger partial charge in [-0.25, -0.2) is 0 Å². The molecule has 1 unspecified atom stereocenters. The minimum atomic E-state index is 0.0337. The van der Waals surface area contributed by atoms with Crippen LogP contribution in [-0.2, 0) is 17.8 Å². The number of aldehydes is 1. The van der Waals surface area contributed by atoms with E-state index in [4.69, 9.17) is 4.74 Å². The first-order valence-corrected chi connectivity index (χ1v) is 7.60. The van der Waals surface area contributed by atoms with Crippen LogP contribution in [0, 0.1) is 5.92 Å². The number of aromatic nitrogens is 1. The summed E-state index contributed by atoms with van der Waals surface area (Å²) >= 11 is 0. The van der Waals surface area contributed by atoms with Crippen LogP contribution in [0.3, 0.4) is 0 Å². The smallest absolute Gasteiger partial charge is 0.124 e. The molecule has 2 heterocycles. The number of H-pyrrole nitrogens is 1. The number of hydrogen-bond donors (Lipinski definition) is 1. The molecule has 3 rings (SSSR count). The van der Waals surface area contributed by atoms with Gasteiger partial charge in [-0.05, 0) is 44.3 Å². The molecule has 1 aromatic carbocycles. The highest BCUT2D eigenvalue weighted by Gasteiger charge is 2.25. The lowest BCUT2D eigenvalue weighted by atomic mass is 9.99. The van der Waals surface area contributed by atoms with E-state index in [0.717, 1.165) is 43.7 Å². The molecule has 22 heavy (non-hydrogen) atoms. The van der Waals surface area contributed by atoms with E-state index in [-0.39, 0.29) is 5.92 Å². The van der Waals surface area contributed by atoms with Gasteiger partial charge in [0.1, 0.15) is 12.0 Å². The zero-order valence-electron chi connectivity index (χ0n) is 13.4. The molecule has 0 saturated heterocycles. The molecule has 1 N–H and O–H groups in total. The first-order valence-electron chi connectivity index (χ1n) is 7.60. The third kappa shape index (κ3) is 2.87. The zero-order valence-corrected chi connectivity index (χ0v) is 13.4. The van der Waals surface area contributed by atoms with E-state index in [9.17, 15) is 4.79 Å². The standard InChI is InChI=1S/C17H23N3O2/c1-19(2)11-20-8-12(10-21)6-14-15-7-13(22-3)4-5-16(15)18-17(14)9-20/h4-5,7,10,12,18H,6,8-9,11H2,1-3H3. The number of aromatic amines is 1. The molecule has 2 aromatic rings. The molecule has 1 aliphatic rings. The molecular weight excluding hydrogens is 278 g/mol. The first-order chi connectivity index (χ1) is 10.6. The minimum Gasteiger partial charge on any atom is -0.497 e. The minimum absolute atomic E-state index is 0.0337. The Morgan fingerprint density at radius 3 is 2.95 bits per heavy atom. The average Bonchev–Trinajstić information content (AvgIpc) is 2.72. The summed E-state index contributed by atoms with van der Waals surface area (Å²) in [5.74, 6) is 0.887. The van der Waals surface area contributed by atoms with E-state index in [0.29, 0.717) is 0 Å². The van der Waals surface area contributed by atoms with E-state index in [1.165, 1.54) is 16.6 Å². The summed E-state index contributed by atoms with van der Waals surface area (Å²) in [6.07, 6.45) is 1.88. The van der Waals surface area contributed by atoms with Crippen LogP contribution in [-0.4, -0.2) is 55.5 Å². The van der Waals surface area contributed by atoms with Crippen molar-refractivity contribution < 1.29 is 9.53 Å². The second kappa shape index (κ2) is 6.10. The van der Waals surface area contributed by atoms with Crippen LogP contribution in [0.25, 0.3) is 10.9 Å². The lowest BCUT2D eigenvalue weighted by Gasteiger charge is -2.25. The van der Waals surface area contributed by atoms with Crippen molar-refractivity contribution >= 4 is 17.2 Å². The molecule has 5 nitrogen and oxygen atoms in total. The van der Waals surface area contributed by atoms with Gasteiger partial charge in [-0.3, -0.25) is 9.80 Å². The Bertz CT molecular complexity index is 678. The predicted octanol–water partition coefficient (Wildman–Crippen LogP) is 1.87. The van der Waals surface area contributed by atoms with Crippen LogP contribution in [0.1, 0.15) is 11.3 Å². The molecule has 0 bridgehead atoms. The van der Waals surface area contributed by atoms with E-state index in [1.807, 2.05) is 6.07 Å². The summed E-state index contributed by atoms with van der Waals surface area (Å²) in [6, 6.07) is 6.08. The Kier molecular flexibility index (Phi) is 4.18. The first kappa shape index (κ1) is 15.1. The van der Waals surface area contributed by atoms with E-state index in [2.05, 4.69) is 41.0 Å². The number of nitrogens with zero attached hydrogens (tertiary/aromatic N) is 2.